The number of nitrogens with one attached hydrogen (secondary N) is 2. The molecule has 2 aromatic carbocycles. The Morgan fingerprint density at radius 3 is 2.03 bits per heavy atom. The third-order valence-electron chi connectivity index (χ3n) is 3.83. The second-order valence-electron chi connectivity index (χ2n) is 5.96. The molecule has 1 heterocycles. The van der Waals surface area contributed by atoms with Crippen LogP contribution in [0.15, 0.2) is 48.7 Å². The number of carbonyl (C=O) groups is 2. The van der Waals surface area contributed by atoms with Gasteiger partial charge in [-0.05, 0) is 30.3 Å². The molecule has 150 valence electrons. The molecule has 0 aliphatic heterocycles. The predicted octanol–water partition coefficient (Wildman–Crippen LogP) is 3.72. The van der Waals surface area contributed by atoms with Crippen LogP contribution >= 0.6 is 0 Å². The predicted molar refractivity (Wildman–Crippen MR) is 96.1 cm³/mol. The lowest BCUT2D eigenvalue weighted by atomic mass is 10.3. The van der Waals surface area contributed by atoms with Gasteiger partial charge in [-0.3, -0.25) is 14.3 Å². The molecule has 0 saturated heterocycles. The maximum atomic E-state index is 13.6. The second-order valence-corrected chi connectivity index (χ2v) is 5.96. The average Bonchev–Trinajstić information content (AvgIpc) is 3.14. The number of aryl methyl sites for hydroxylation is 1. The molecular weight excluding hydrogens is 392 g/mol. The summed E-state index contributed by atoms with van der Waals surface area (Å²) in [6.45, 7) is 0.0762. The number of hydrogen-bond acceptors (Lipinski definition) is 3. The Hall–Kier alpha value is -3.69. The van der Waals surface area contributed by atoms with E-state index in [9.17, 15) is 27.2 Å². The van der Waals surface area contributed by atoms with Crippen molar-refractivity contribution in [2.24, 2.45) is 0 Å². The fraction of sp³-hybridized carbons (Fsp3) is 0.105. The van der Waals surface area contributed by atoms with E-state index in [1.807, 2.05) is 0 Å². The van der Waals surface area contributed by atoms with E-state index in [4.69, 9.17) is 0 Å². The number of hydrogen-bond donors (Lipinski definition) is 2. The van der Waals surface area contributed by atoms with E-state index in [1.165, 1.54) is 16.9 Å². The lowest BCUT2D eigenvalue weighted by Crippen LogP contribution is -2.17. The molecule has 10 heteroatoms. The maximum Gasteiger partial charge on any atom is 0.276 e. The molecule has 0 aliphatic rings. The minimum atomic E-state index is -0.928. The summed E-state index contributed by atoms with van der Waals surface area (Å²) in [5, 5.41) is 8.54. The van der Waals surface area contributed by atoms with Gasteiger partial charge in [-0.2, -0.15) is 5.10 Å². The highest BCUT2D eigenvalue weighted by Crippen LogP contribution is 2.16. The number of anilines is 2. The van der Waals surface area contributed by atoms with Gasteiger partial charge in [0, 0.05) is 31.3 Å². The molecule has 0 aliphatic carbocycles. The van der Waals surface area contributed by atoms with Crippen molar-refractivity contribution in [2.45, 2.75) is 13.0 Å². The molecule has 2 N–H and O–H groups in total. The van der Waals surface area contributed by atoms with Crippen LogP contribution in [0.3, 0.4) is 0 Å². The van der Waals surface area contributed by atoms with Crippen LogP contribution in [0.4, 0.5) is 28.9 Å². The van der Waals surface area contributed by atoms with Crippen molar-refractivity contribution in [3.63, 3.8) is 0 Å². The first kappa shape index (κ1) is 20.1. The molecule has 0 radical (unpaired) electrons. The summed E-state index contributed by atoms with van der Waals surface area (Å²) >= 11 is 0. The highest BCUT2D eigenvalue weighted by molar-refractivity contribution is 6.02. The first-order chi connectivity index (χ1) is 13.8. The van der Waals surface area contributed by atoms with Crippen molar-refractivity contribution >= 4 is 23.2 Å². The van der Waals surface area contributed by atoms with Crippen molar-refractivity contribution in [3.8, 4) is 0 Å². The molecular formula is C19H14F4N4O2. The summed E-state index contributed by atoms with van der Waals surface area (Å²) < 4.78 is 54.2. The molecule has 3 aromatic rings. The molecule has 6 nitrogen and oxygen atoms in total. The van der Waals surface area contributed by atoms with Crippen LogP contribution in [-0.4, -0.2) is 21.6 Å². The largest absolute Gasteiger partial charge is 0.324 e. The number of nitrogens with zero attached hydrogens (tertiary/aromatic N) is 2. The van der Waals surface area contributed by atoms with Crippen molar-refractivity contribution in [3.05, 3.63) is 77.6 Å². The Bertz CT molecular complexity index is 1070. The zero-order valence-corrected chi connectivity index (χ0v) is 14.8. The van der Waals surface area contributed by atoms with Gasteiger partial charge in [0.05, 0.1) is 11.4 Å². The van der Waals surface area contributed by atoms with Gasteiger partial charge in [-0.25, -0.2) is 17.6 Å². The number of halogens is 4. The van der Waals surface area contributed by atoms with Crippen LogP contribution in [0.1, 0.15) is 16.9 Å². The maximum absolute atomic E-state index is 13.6. The van der Waals surface area contributed by atoms with Crippen LogP contribution in [-0.2, 0) is 11.3 Å². The second kappa shape index (κ2) is 8.55. The van der Waals surface area contributed by atoms with Crippen LogP contribution < -0.4 is 10.6 Å². The fourth-order valence-corrected chi connectivity index (χ4v) is 2.40. The van der Waals surface area contributed by atoms with E-state index < -0.39 is 35.1 Å². The summed E-state index contributed by atoms with van der Waals surface area (Å²) in [6.07, 6.45) is 1.34. The first-order valence-electron chi connectivity index (χ1n) is 8.36. The molecule has 0 unspecified atom stereocenters. The standard InChI is InChI=1S/C19H14F4N4O2/c20-11-1-3-15(13(22)9-11)24-18(28)6-8-27-7-5-17(26-27)19(29)25-16-4-2-12(21)10-14(16)23/h1-5,7,9-10H,6,8H2,(H,24,28)(H,25,29). The Balaban J connectivity index is 1.55. The molecule has 0 saturated carbocycles. The fourth-order valence-electron chi connectivity index (χ4n) is 2.40. The molecule has 2 amide bonds. The Kier molecular flexibility index (Phi) is 5.91. The van der Waals surface area contributed by atoms with Crippen molar-refractivity contribution in [2.75, 3.05) is 10.6 Å². The highest BCUT2D eigenvalue weighted by Gasteiger charge is 2.14. The van der Waals surface area contributed by atoms with E-state index in [1.54, 1.807) is 0 Å². The molecule has 0 bridgehead atoms. The minimum Gasteiger partial charge on any atom is -0.324 e. The topological polar surface area (TPSA) is 76.0 Å². The molecule has 0 fully saturated rings. The van der Waals surface area contributed by atoms with Gasteiger partial charge >= 0.3 is 0 Å². The zero-order valence-electron chi connectivity index (χ0n) is 14.8. The average molecular weight is 406 g/mol. The third-order valence-corrected chi connectivity index (χ3v) is 3.83. The van der Waals surface area contributed by atoms with E-state index in [0.717, 1.165) is 24.3 Å². The highest BCUT2D eigenvalue weighted by atomic mass is 19.1. The van der Waals surface area contributed by atoms with E-state index in [-0.39, 0.29) is 30.0 Å². The lowest BCUT2D eigenvalue weighted by Gasteiger charge is -2.07. The number of amides is 2. The monoisotopic (exact) mass is 406 g/mol. The minimum absolute atomic E-state index is 0.0429. The number of aromatic nitrogens is 2. The summed E-state index contributed by atoms with van der Waals surface area (Å²) in [4.78, 5) is 24.0. The number of rotatable bonds is 6. The first-order valence-corrected chi connectivity index (χ1v) is 8.36. The van der Waals surface area contributed by atoms with Crippen LogP contribution in [0.2, 0.25) is 0 Å². The summed E-state index contributed by atoms with van der Waals surface area (Å²) in [7, 11) is 0. The van der Waals surface area contributed by atoms with Crippen molar-refractivity contribution < 1.29 is 27.2 Å². The molecule has 29 heavy (non-hydrogen) atoms. The van der Waals surface area contributed by atoms with Gasteiger partial charge in [0.1, 0.15) is 23.3 Å². The molecule has 0 atom stereocenters. The van der Waals surface area contributed by atoms with Gasteiger partial charge < -0.3 is 10.6 Å². The SMILES string of the molecule is O=C(CCn1ccc(C(=O)Nc2ccc(F)cc2F)n1)Nc1ccc(F)cc1F. The Morgan fingerprint density at radius 2 is 1.45 bits per heavy atom. The summed E-state index contributed by atoms with van der Waals surface area (Å²) in [5.41, 5.74) is -0.399. The van der Waals surface area contributed by atoms with Crippen molar-refractivity contribution in [1.29, 1.82) is 0 Å². The van der Waals surface area contributed by atoms with Crippen molar-refractivity contribution in [1.82, 2.24) is 9.78 Å². The van der Waals surface area contributed by atoms with Gasteiger partial charge in [0.2, 0.25) is 5.91 Å². The smallest absolute Gasteiger partial charge is 0.276 e. The quantitative estimate of drug-likeness (QED) is 0.613. The summed E-state index contributed by atoms with van der Waals surface area (Å²) in [6, 6.07) is 6.84. The van der Waals surface area contributed by atoms with Gasteiger partial charge in [-0.1, -0.05) is 0 Å². The Labute approximate surface area is 162 Å². The third kappa shape index (κ3) is 5.18. The van der Waals surface area contributed by atoms with Crippen LogP contribution in [0.5, 0.6) is 0 Å². The van der Waals surface area contributed by atoms with E-state index in [0.29, 0.717) is 12.1 Å². The number of benzene rings is 2. The molecule has 3 rings (SSSR count). The number of carbonyl (C=O) groups excluding carboxylic acids is 2. The van der Waals surface area contributed by atoms with Crippen LogP contribution in [0.25, 0.3) is 0 Å². The summed E-state index contributed by atoms with van der Waals surface area (Å²) in [5.74, 6) is -4.61. The lowest BCUT2D eigenvalue weighted by molar-refractivity contribution is -0.116. The van der Waals surface area contributed by atoms with Gasteiger partial charge in [-0.15, -0.1) is 0 Å². The van der Waals surface area contributed by atoms with E-state index >= 15 is 0 Å². The normalized spacial score (nSPS) is 10.6. The Morgan fingerprint density at radius 1 is 0.862 bits per heavy atom. The molecule has 1 aromatic heterocycles. The zero-order chi connectivity index (χ0) is 21.0. The van der Waals surface area contributed by atoms with Gasteiger partial charge in [0.25, 0.3) is 5.91 Å². The van der Waals surface area contributed by atoms with E-state index in [2.05, 4.69) is 15.7 Å². The van der Waals surface area contributed by atoms with Crippen LogP contribution in [0, 0.1) is 23.3 Å². The van der Waals surface area contributed by atoms with Gasteiger partial charge in [0.15, 0.2) is 5.69 Å². The molecule has 0 spiro atoms.